The van der Waals surface area contributed by atoms with Gasteiger partial charge < -0.3 is 10.2 Å². The van der Waals surface area contributed by atoms with Gasteiger partial charge in [0.05, 0.1) is 16.6 Å². The van der Waals surface area contributed by atoms with E-state index in [1.165, 1.54) is 6.42 Å². The van der Waals surface area contributed by atoms with Gasteiger partial charge in [-0.05, 0) is 37.1 Å². The van der Waals surface area contributed by atoms with Crippen LogP contribution in [-0.4, -0.2) is 34.8 Å². The number of pyridine rings is 1. The molecule has 4 rings (SSSR count). The molecule has 1 aromatic carbocycles. The van der Waals surface area contributed by atoms with E-state index in [1.54, 1.807) is 30.6 Å². The Morgan fingerprint density at radius 2 is 1.79 bits per heavy atom. The van der Waals surface area contributed by atoms with Crippen molar-refractivity contribution < 1.29 is 9.59 Å². The van der Waals surface area contributed by atoms with Gasteiger partial charge in [0.25, 0.3) is 5.91 Å². The molecule has 1 N–H and O–H groups in total. The molecule has 2 amide bonds. The summed E-state index contributed by atoms with van der Waals surface area (Å²) in [5.74, 6) is -0.296. The third-order valence-corrected chi connectivity index (χ3v) is 6.49. The van der Waals surface area contributed by atoms with Crippen molar-refractivity contribution in [2.75, 3.05) is 18.4 Å². The Labute approximate surface area is 170 Å². The third-order valence-electron chi connectivity index (χ3n) is 6.16. The highest BCUT2D eigenvalue weighted by atomic mass is 35.5. The monoisotopic (exact) mass is 397 g/mol. The fourth-order valence-corrected chi connectivity index (χ4v) is 4.89. The van der Waals surface area contributed by atoms with Crippen molar-refractivity contribution in [2.45, 2.75) is 32.1 Å². The molecule has 1 saturated carbocycles. The Morgan fingerprint density at radius 1 is 1.07 bits per heavy atom. The number of carbonyl (C=O) groups excluding carboxylic acids is 2. The molecule has 1 aliphatic carbocycles. The molecule has 28 heavy (non-hydrogen) atoms. The van der Waals surface area contributed by atoms with Crippen molar-refractivity contribution in [2.24, 2.45) is 11.3 Å². The minimum Gasteiger partial charge on any atom is -0.337 e. The summed E-state index contributed by atoms with van der Waals surface area (Å²) < 4.78 is 0. The normalized spacial score (nSPS) is 20.9. The first kappa shape index (κ1) is 18.9. The number of nitrogens with zero attached hydrogens (tertiary/aromatic N) is 2. The number of halogens is 1. The number of hydrogen-bond donors (Lipinski definition) is 1. The van der Waals surface area contributed by atoms with Gasteiger partial charge in [-0.15, -0.1) is 0 Å². The largest absolute Gasteiger partial charge is 0.337 e. The van der Waals surface area contributed by atoms with Crippen molar-refractivity contribution in [1.82, 2.24) is 9.88 Å². The summed E-state index contributed by atoms with van der Waals surface area (Å²) in [7, 11) is 0. The Bertz CT molecular complexity index is 865. The number of aromatic nitrogens is 1. The van der Waals surface area contributed by atoms with E-state index in [4.69, 9.17) is 11.6 Å². The zero-order chi connectivity index (χ0) is 19.6. The molecule has 1 aliphatic heterocycles. The average molecular weight is 398 g/mol. The first-order chi connectivity index (χ1) is 13.6. The van der Waals surface area contributed by atoms with Gasteiger partial charge in [-0.1, -0.05) is 43.0 Å². The molecule has 2 aromatic rings. The summed E-state index contributed by atoms with van der Waals surface area (Å²) >= 11 is 6.23. The molecule has 0 radical (unpaired) electrons. The maximum atomic E-state index is 13.2. The fourth-order valence-electron chi connectivity index (χ4n) is 4.71. The topological polar surface area (TPSA) is 62.3 Å². The predicted molar refractivity (Wildman–Crippen MR) is 109 cm³/mol. The Morgan fingerprint density at radius 3 is 2.50 bits per heavy atom. The van der Waals surface area contributed by atoms with Gasteiger partial charge in [0.2, 0.25) is 5.91 Å². The second-order valence-electron chi connectivity index (χ2n) is 7.87. The number of amides is 2. The summed E-state index contributed by atoms with van der Waals surface area (Å²) in [6.45, 7) is 1.08. The van der Waals surface area contributed by atoms with E-state index in [2.05, 4.69) is 10.3 Å². The molecule has 0 bridgehead atoms. The van der Waals surface area contributed by atoms with Crippen molar-refractivity contribution in [3.63, 3.8) is 0 Å². The molecule has 2 heterocycles. The lowest BCUT2D eigenvalue weighted by Crippen LogP contribution is -2.39. The van der Waals surface area contributed by atoms with E-state index in [0.717, 1.165) is 25.7 Å². The summed E-state index contributed by atoms with van der Waals surface area (Å²) in [5, 5.41) is 3.53. The molecule has 2 fully saturated rings. The Balaban J connectivity index is 1.58. The molecule has 1 unspecified atom stereocenters. The van der Waals surface area contributed by atoms with E-state index < -0.39 is 0 Å². The molecule has 1 spiro atoms. The van der Waals surface area contributed by atoms with Crippen LogP contribution in [0.25, 0.3) is 0 Å². The molecular weight excluding hydrogens is 374 g/mol. The zero-order valence-electron chi connectivity index (χ0n) is 15.7. The van der Waals surface area contributed by atoms with E-state index in [1.807, 2.05) is 23.1 Å². The summed E-state index contributed by atoms with van der Waals surface area (Å²) in [6.07, 6.45) is 8.61. The molecule has 6 heteroatoms. The summed E-state index contributed by atoms with van der Waals surface area (Å²) in [6, 6.07) is 10.7. The highest BCUT2D eigenvalue weighted by Gasteiger charge is 2.51. The highest BCUT2D eigenvalue weighted by molar-refractivity contribution is 6.33. The highest BCUT2D eigenvalue weighted by Crippen LogP contribution is 2.48. The lowest BCUT2D eigenvalue weighted by molar-refractivity contribution is -0.123. The van der Waals surface area contributed by atoms with E-state index >= 15 is 0 Å². The van der Waals surface area contributed by atoms with Crippen LogP contribution in [0.2, 0.25) is 5.02 Å². The van der Waals surface area contributed by atoms with Gasteiger partial charge in [0.15, 0.2) is 0 Å². The van der Waals surface area contributed by atoms with Gasteiger partial charge in [0.1, 0.15) is 0 Å². The average Bonchev–Trinajstić information content (AvgIpc) is 3.09. The fraction of sp³-hybridized carbons (Fsp3) is 0.409. The number of benzene rings is 1. The van der Waals surface area contributed by atoms with Crippen molar-refractivity contribution in [3.05, 3.63) is 59.4 Å². The first-order valence-electron chi connectivity index (χ1n) is 9.84. The van der Waals surface area contributed by atoms with Crippen LogP contribution in [0.4, 0.5) is 5.69 Å². The smallest absolute Gasteiger partial charge is 0.254 e. The van der Waals surface area contributed by atoms with Crippen molar-refractivity contribution in [3.8, 4) is 0 Å². The minimum absolute atomic E-state index is 0.0274. The van der Waals surface area contributed by atoms with Gasteiger partial charge in [0, 0.05) is 36.5 Å². The second kappa shape index (κ2) is 7.92. The third kappa shape index (κ3) is 3.63. The number of likely N-dealkylation sites (tertiary alicyclic amines) is 1. The maximum absolute atomic E-state index is 13.2. The molecule has 1 atom stereocenters. The van der Waals surface area contributed by atoms with Gasteiger partial charge >= 0.3 is 0 Å². The van der Waals surface area contributed by atoms with Crippen LogP contribution in [0.3, 0.4) is 0 Å². The van der Waals surface area contributed by atoms with Crippen LogP contribution in [0.1, 0.15) is 42.5 Å². The number of rotatable bonds is 3. The SMILES string of the molecule is O=C(Nc1ccccc1Cl)C1CN(C(=O)c2ccncc2)CC12CCCCC2. The quantitative estimate of drug-likeness (QED) is 0.835. The van der Waals surface area contributed by atoms with Crippen LogP contribution < -0.4 is 5.32 Å². The van der Waals surface area contributed by atoms with Crippen LogP contribution in [0, 0.1) is 11.3 Å². The molecule has 1 saturated heterocycles. The van der Waals surface area contributed by atoms with E-state index in [-0.39, 0.29) is 23.1 Å². The number of hydrogen-bond acceptors (Lipinski definition) is 3. The molecule has 146 valence electrons. The predicted octanol–water partition coefficient (Wildman–Crippen LogP) is 4.40. The van der Waals surface area contributed by atoms with Crippen LogP contribution in [0.5, 0.6) is 0 Å². The summed E-state index contributed by atoms with van der Waals surface area (Å²) in [5.41, 5.74) is 1.10. The number of nitrogens with one attached hydrogen (secondary N) is 1. The Kier molecular flexibility index (Phi) is 5.36. The molecule has 2 aliphatic rings. The Hall–Kier alpha value is -2.40. The van der Waals surface area contributed by atoms with Crippen molar-refractivity contribution in [1.29, 1.82) is 0 Å². The number of anilines is 1. The lowest BCUT2D eigenvalue weighted by atomic mass is 9.67. The number of para-hydroxylation sites is 1. The molecule has 1 aromatic heterocycles. The second-order valence-corrected chi connectivity index (χ2v) is 8.27. The van der Waals surface area contributed by atoms with Gasteiger partial charge in [-0.2, -0.15) is 0 Å². The van der Waals surface area contributed by atoms with Gasteiger partial charge in [-0.25, -0.2) is 0 Å². The van der Waals surface area contributed by atoms with Gasteiger partial charge in [-0.3, -0.25) is 14.6 Å². The standard InChI is InChI=1S/C22H24ClN3O2/c23-18-6-2-3-7-19(18)25-20(27)17-14-26(15-22(17)10-4-1-5-11-22)21(28)16-8-12-24-13-9-16/h2-3,6-9,12-13,17H,1,4-5,10-11,14-15H2,(H,25,27). The van der Waals surface area contributed by atoms with Crippen LogP contribution in [0.15, 0.2) is 48.8 Å². The lowest BCUT2D eigenvalue weighted by Gasteiger charge is -2.37. The molecule has 5 nitrogen and oxygen atoms in total. The zero-order valence-corrected chi connectivity index (χ0v) is 16.5. The molecular formula is C22H24ClN3O2. The van der Waals surface area contributed by atoms with E-state index in [0.29, 0.717) is 29.4 Å². The van der Waals surface area contributed by atoms with E-state index in [9.17, 15) is 9.59 Å². The maximum Gasteiger partial charge on any atom is 0.254 e. The van der Waals surface area contributed by atoms with Crippen molar-refractivity contribution >= 4 is 29.1 Å². The summed E-state index contributed by atoms with van der Waals surface area (Å²) in [4.78, 5) is 32.1. The van der Waals surface area contributed by atoms with Crippen LogP contribution >= 0.6 is 11.6 Å². The minimum atomic E-state index is -0.227. The number of carbonyl (C=O) groups is 2. The van der Waals surface area contributed by atoms with Crippen LogP contribution in [-0.2, 0) is 4.79 Å². The first-order valence-corrected chi connectivity index (χ1v) is 10.2.